The predicted molar refractivity (Wildman–Crippen MR) is 74.8 cm³/mol. The molecule has 0 spiro atoms. The summed E-state index contributed by atoms with van der Waals surface area (Å²) in [6, 6.07) is 9.88. The van der Waals surface area contributed by atoms with Crippen molar-refractivity contribution in [3.05, 3.63) is 35.9 Å². The zero-order valence-electron chi connectivity index (χ0n) is 11.8. The van der Waals surface area contributed by atoms with Crippen molar-refractivity contribution in [2.24, 2.45) is 0 Å². The third-order valence-electron chi connectivity index (χ3n) is 2.92. The molecular formula is C16H20O4. The van der Waals surface area contributed by atoms with Crippen molar-refractivity contribution in [1.29, 1.82) is 0 Å². The highest BCUT2D eigenvalue weighted by atomic mass is 16.7. The van der Waals surface area contributed by atoms with Gasteiger partial charge in [-0.1, -0.05) is 42.2 Å². The molecule has 1 saturated heterocycles. The number of hydrogen-bond acceptors (Lipinski definition) is 4. The molecule has 0 unspecified atom stereocenters. The average molecular weight is 276 g/mol. The van der Waals surface area contributed by atoms with Gasteiger partial charge in [0.15, 0.2) is 5.79 Å². The molecule has 2 atom stereocenters. The van der Waals surface area contributed by atoms with E-state index in [-0.39, 0.29) is 6.61 Å². The van der Waals surface area contributed by atoms with Gasteiger partial charge < -0.3 is 19.3 Å². The number of aliphatic hydroxyl groups excluding tert-OH is 1. The normalized spacial score (nSPS) is 22.1. The summed E-state index contributed by atoms with van der Waals surface area (Å²) < 4.78 is 16.3. The van der Waals surface area contributed by atoms with Gasteiger partial charge in [-0.15, -0.1) is 0 Å². The van der Waals surface area contributed by atoms with Gasteiger partial charge in [0, 0.05) is 0 Å². The SMILES string of the molecule is CC1(C)OC[C@H]([C@@H](O)C#CCOCc2ccccc2)O1. The Hall–Kier alpha value is -1.38. The molecular weight excluding hydrogens is 256 g/mol. The lowest BCUT2D eigenvalue weighted by Gasteiger charge is -2.17. The van der Waals surface area contributed by atoms with E-state index in [1.807, 2.05) is 44.2 Å². The highest BCUT2D eigenvalue weighted by Gasteiger charge is 2.36. The second-order valence-corrected chi connectivity index (χ2v) is 5.11. The van der Waals surface area contributed by atoms with Gasteiger partial charge in [-0.2, -0.15) is 0 Å². The van der Waals surface area contributed by atoms with Crippen LogP contribution in [-0.4, -0.2) is 36.3 Å². The maximum Gasteiger partial charge on any atom is 0.163 e. The van der Waals surface area contributed by atoms with E-state index in [0.717, 1.165) is 5.56 Å². The van der Waals surface area contributed by atoms with Gasteiger partial charge >= 0.3 is 0 Å². The minimum Gasteiger partial charge on any atom is -0.378 e. The maximum absolute atomic E-state index is 9.86. The number of aliphatic hydroxyl groups is 1. The molecule has 1 N–H and O–H groups in total. The molecule has 108 valence electrons. The van der Waals surface area contributed by atoms with Crippen LogP contribution in [0.2, 0.25) is 0 Å². The molecule has 0 radical (unpaired) electrons. The fraction of sp³-hybridized carbons (Fsp3) is 0.500. The van der Waals surface area contributed by atoms with Gasteiger partial charge in [0.25, 0.3) is 0 Å². The van der Waals surface area contributed by atoms with E-state index in [9.17, 15) is 5.11 Å². The predicted octanol–water partition coefficient (Wildman–Crippen LogP) is 1.72. The number of hydrogen-bond donors (Lipinski definition) is 1. The largest absolute Gasteiger partial charge is 0.378 e. The molecule has 0 amide bonds. The smallest absolute Gasteiger partial charge is 0.163 e. The number of ether oxygens (including phenoxy) is 3. The zero-order chi connectivity index (χ0) is 14.4. The van der Waals surface area contributed by atoms with Gasteiger partial charge in [0.05, 0.1) is 13.2 Å². The molecule has 1 aromatic rings. The lowest BCUT2D eigenvalue weighted by atomic mass is 10.2. The Kier molecular flexibility index (Phi) is 5.16. The molecule has 1 aromatic carbocycles. The Morgan fingerprint density at radius 2 is 2.15 bits per heavy atom. The molecule has 0 aromatic heterocycles. The van der Waals surface area contributed by atoms with Crippen LogP contribution in [0.5, 0.6) is 0 Å². The van der Waals surface area contributed by atoms with Gasteiger partial charge in [-0.25, -0.2) is 0 Å². The number of rotatable bonds is 4. The van der Waals surface area contributed by atoms with Crippen molar-refractivity contribution < 1.29 is 19.3 Å². The van der Waals surface area contributed by atoms with Gasteiger partial charge in [-0.3, -0.25) is 0 Å². The van der Waals surface area contributed by atoms with Crippen LogP contribution in [0.3, 0.4) is 0 Å². The van der Waals surface area contributed by atoms with Crippen molar-refractivity contribution in [2.45, 2.75) is 38.4 Å². The molecule has 4 nitrogen and oxygen atoms in total. The molecule has 1 fully saturated rings. The molecule has 1 aliphatic heterocycles. The van der Waals surface area contributed by atoms with Crippen LogP contribution in [0, 0.1) is 11.8 Å². The Labute approximate surface area is 119 Å². The second-order valence-electron chi connectivity index (χ2n) is 5.11. The number of benzene rings is 1. The van der Waals surface area contributed by atoms with Gasteiger partial charge in [0.1, 0.15) is 18.8 Å². The van der Waals surface area contributed by atoms with E-state index >= 15 is 0 Å². The summed E-state index contributed by atoms with van der Waals surface area (Å²) in [5.74, 6) is 4.88. The monoisotopic (exact) mass is 276 g/mol. The highest BCUT2D eigenvalue weighted by Crippen LogP contribution is 2.23. The summed E-state index contributed by atoms with van der Waals surface area (Å²) in [6.07, 6.45) is -1.25. The van der Waals surface area contributed by atoms with E-state index < -0.39 is 18.0 Å². The first-order valence-electron chi connectivity index (χ1n) is 6.67. The van der Waals surface area contributed by atoms with Crippen LogP contribution in [-0.2, 0) is 20.8 Å². The third-order valence-corrected chi connectivity index (χ3v) is 2.92. The first kappa shape index (κ1) is 15.0. The van der Waals surface area contributed by atoms with Crippen LogP contribution in [0.25, 0.3) is 0 Å². The molecule has 2 rings (SSSR count). The fourth-order valence-electron chi connectivity index (χ4n) is 1.90. The second kappa shape index (κ2) is 6.87. The topological polar surface area (TPSA) is 47.9 Å². The van der Waals surface area contributed by atoms with E-state index in [0.29, 0.717) is 13.2 Å². The van der Waals surface area contributed by atoms with Crippen LogP contribution in [0.4, 0.5) is 0 Å². The molecule has 1 aliphatic rings. The van der Waals surface area contributed by atoms with Crippen LogP contribution >= 0.6 is 0 Å². The summed E-state index contributed by atoms with van der Waals surface area (Å²) in [6.45, 7) is 4.78. The van der Waals surface area contributed by atoms with Gasteiger partial charge in [-0.05, 0) is 19.4 Å². The standard InChI is InChI=1S/C16H20O4/c1-16(2)19-12-15(20-16)14(17)9-6-10-18-11-13-7-4-3-5-8-13/h3-5,7-8,14-15,17H,10-12H2,1-2H3/t14-,15+/m0/s1. The average Bonchev–Trinajstić information content (AvgIpc) is 2.80. The van der Waals surface area contributed by atoms with Crippen molar-refractivity contribution in [1.82, 2.24) is 0 Å². The highest BCUT2D eigenvalue weighted by molar-refractivity contribution is 5.13. The van der Waals surface area contributed by atoms with E-state index in [1.165, 1.54) is 0 Å². The third kappa shape index (κ3) is 4.62. The fourth-order valence-corrected chi connectivity index (χ4v) is 1.90. The van der Waals surface area contributed by atoms with Crippen molar-refractivity contribution in [2.75, 3.05) is 13.2 Å². The summed E-state index contributed by atoms with van der Waals surface area (Å²) in [5, 5.41) is 9.86. The van der Waals surface area contributed by atoms with E-state index in [2.05, 4.69) is 11.8 Å². The van der Waals surface area contributed by atoms with Crippen molar-refractivity contribution >= 4 is 0 Å². The first-order valence-corrected chi connectivity index (χ1v) is 6.67. The summed E-state index contributed by atoms with van der Waals surface area (Å²) in [4.78, 5) is 0. The maximum atomic E-state index is 9.86. The Morgan fingerprint density at radius 1 is 1.40 bits per heavy atom. The van der Waals surface area contributed by atoms with E-state index in [4.69, 9.17) is 14.2 Å². The quantitative estimate of drug-likeness (QED) is 0.672. The lowest BCUT2D eigenvalue weighted by molar-refractivity contribution is -0.146. The Bertz CT molecular complexity index is 472. The summed E-state index contributed by atoms with van der Waals surface area (Å²) >= 11 is 0. The summed E-state index contributed by atoms with van der Waals surface area (Å²) in [5.41, 5.74) is 1.10. The lowest BCUT2D eigenvalue weighted by Crippen LogP contribution is -2.29. The van der Waals surface area contributed by atoms with E-state index in [1.54, 1.807) is 0 Å². The van der Waals surface area contributed by atoms with Crippen molar-refractivity contribution in [3.8, 4) is 11.8 Å². The van der Waals surface area contributed by atoms with Gasteiger partial charge in [0.2, 0.25) is 0 Å². The molecule has 0 bridgehead atoms. The van der Waals surface area contributed by atoms with Crippen LogP contribution in [0.15, 0.2) is 30.3 Å². The van der Waals surface area contributed by atoms with Crippen molar-refractivity contribution in [3.63, 3.8) is 0 Å². The molecule has 20 heavy (non-hydrogen) atoms. The molecule has 0 aliphatic carbocycles. The molecule has 4 heteroatoms. The van der Waals surface area contributed by atoms with Crippen LogP contribution in [0.1, 0.15) is 19.4 Å². The Morgan fingerprint density at radius 3 is 2.80 bits per heavy atom. The minimum absolute atomic E-state index is 0.281. The summed E-state index contributed by atoms with van der Waals surface area (Å²) in [7, 11) is 0. The molecule has 0 saturated carbocycles. The minimum atomic E-state index is -0.850. The Balaban J connectivity index is 1.69. The van der Waals surface area contributed by atoms with Crippen LogP contribution < -0.4 is 0 Å². The zero-order valence-corrected chi connectivity index (χ0v) is 11.8. The first-order chi connectivity index (χ1) is 9.57. The molecule has 1 heterocycles.